The highest BCUT2D eigenvalue weighted by Crippen LogP contribution is 2.22. The summed E-state index contributed by atoms with van der Waals surface area (Å²) in [5.41, 5.74) is 0.818. The average Bonchev–Trinajstić information content (AvgIpc) is 3.24. The van der Waals surface area contributed by atoms with E-state index in [2.05, 4.69) is 15.1 Å². The minimum Gasteiger partial charge on any atom is -0.393 e. The Morgan fingerprint density at radius 2 is 2.12 bits per heavy atom. The number of fused-ring (bicyclic) bond motifs is 3. The van der Waals surface area contributed by atoms with Crippen LogP contribution < -0.4 is 5.56 Å². The zero-order chi connectivity index (χ0) is 17.6. The number of aromatic nitrogens is 4. The monoisotopic (exact) mass is 341 g/mol. The van der Waals surface area contributed by atoms with Crippen molar-refractivity contribution in [2.75, 3.05) is 13.1 Å². The van der Waals surface area contributed by atoms with Gasteiger partial charge in [-0.3, -0.25) is 18.7 Å². The molecule has 3 aromatic rings. The van der Waals surface area contributed by atoms with Crippen molar-refractivity contribution < 1.29 is 5.11 Å². The van der Waals surface area contributed by atoms with Crippen LogP contribution in [0, 0.1) is 5.92 Å². The summed E-state index contributed by atoms with van der Waals surface area (Å²) in [7, 11) is 0. The first kappa shape index (κ1) is 16.2. The molecule has 3 heterocycles. The number of rotatable bonds is 4. The Morgan fingerprint density at radius 1 is 1.32 bits per heavy atom. The molecule has 0 aliphatic carbocycles. The van der Waals surface area contributed by atoms with E-state index in [9.17, 15) is 9.90 Å². The standard InChI is InChI=1S/C18H23N5O2/c1-3-22-17(25)14-6-4-5-7-15(14)23-16(19-20-18(22)23)11-21-9-8-13(10-21)12(2)24/h4-7,12-13,24H,3,8-11H2,1-2H3. The Hall–Kier alpha value is -2.25. The van der Waals surface area contributed by atoms with Crippen LogP contribution in [0.4, 0.5) is 0 Å². The minimum absolute atomic E-state index is 0.0279. The molecular weight excluding hydrogens is 318 g/mol. The van der Waals surface area contributed by atoms with Crippen LogP contribution in [-0.4, -0.2) is 48.4 Å². The lowest BCUT2D eigenvalue weighted by Crippen LogP contribution is -2.26. The second kappa shape index (κ2) is 6.24. The van der Waals surface area contributed by atoms with E-state index >= 15 is 0 Å². The molecule has 2 atom stereocenters. The summed E-state index contributed by atoms with van der Waals surface area (Å²) < 4.78 is 3.66. The normalized spacial score (nSPS) is 19.9. The van der Waals surface area contributed by atoms with Crippen LogP contribution >= 0.6 is 0 Å². The third-order valence-electron chi connectivity index (χ3n) is 5.25. The van der Waals surface area contributed by atoms with Crippen LogP contribution in [0.5, 0.6) is 0 Å². The molecule has 132 valence electrons. The molecule has 1 fully saturated rings. The van der Waals surface area contributed by atoms with Crippen LogP contribution in [-0.2, 0) is 13.1 Å². The lowest BCUT2D eigenvalue weighted by atomic mass is 10.0. The fourth-order valence-electron chi connectivity index (χ4n) is 3.80. The van der Waals surface area contributed by atoms with Gasteiger partial charge >= 0.3 is 0 Å². The molecule has 7 nitrogen and oxygen atoms in total. The van der Waals surface area contributed by atoms with Gasteiger partial charge in [-0.2, -0.15) is 0 Å². The van der Waals surface area contributed by atoms with Crippen molar-refractivity contribution in [1.82, 2.24) is 24.1 Å². The molecule has 0 spiro atoms. The molecule has 1 saturated heterocycles. The van der Waals surface area contributed by atoms with Crippen molar-refractivity contribution in [2.24, 2.45) is 5.92 Å². The van der Waals surface area contributed by atoms with Gasteiger partial charge in [0.15, 0.2) is 5.82 Å². The van der Waals surface area contributed by atoms with Gasteiger partial charge in [0.05, 0.1) is 23.6 Å². The van der Waals surface area contributed by atoms with Crippen LogP contribution in [0.2, 0.25) is 0 Å². The van der Waals surface area contributed by atoms with E-state index in [1.807, 2.05) is 42.5 Å². The highest BCUT2D eigenvalue weighted by Gasteiger charge is 2.27. The predicted octanol–water partition coefficient (Wildman–Crippen LogP) is 1.27. The summed E-state index contributed by atoms with van der Waals surface area (Å²) in [6.45, 7) is 6.81. The first-order chi connectivity index (χ1) is 12.1. The van der Waals surface area contributed by atoms with Gasteiger partial charge < -0.3 is 5.11 Å². The van der Waals surface area contributed by atoms with Crippen LogP contribution in [0.15, 0.2) is 29.1 Å². The highest BCUT2D eigenvalue weighted by atomic mass is 16.3. The number of aliphatic hydroxyl groups is 1. The summed E-state index contributed by atoms with van der Waals surface area (Å²) in [6, 6.07) is 7.61. The fraction of sp³-hybridized carbons (Fsp3) is 0.500. The number of hydrogen-bond donors (Lipinski definition) is 1. The summed E-state index contributed by atoms with van der Waals surface area (Å²) >= 11 is 0. The molecule has 1 N–H and O–H groups in total. The van der Waals surface area contributed by atoms with E-state index in [1.165, 1.54) is 0 Å². The predicted molar refractivity (Wildman–Crippen MR) is 95.5 cm³/mol. The number of likely N-dealkylation sites (tertiary alicyclic amines) is 1. The lowest BCUT2D eigenvalue weighted by Gasteiger charge is -2.17. The molecule has 4 rings (SSSR count). The number of para-hydroxylation sites is 1. The summed E-state index contributed by atoms with van der Waals surface area (Å²) in [4.78, 5) is 15.0. The van der Waals surface area contributed by atoms with E-state index in [1.54, 1.807) is 4.57 Å². The summed E-state index contributed by atoms with van der Waals surface area (Å²) in [5.74, 6) is 1.73. The summed E-state index contributed by atoms with van der Waals surface area (Å²) in [6.07, 6.45) is 0.709. The molecule has 1 aliphatic heterocycles. The lowest BCUT2D eigenvalue weighted by molar-refractivity contribution is 0.127. The van der Waals surface area contributed by atoms with Crippen molar-refractivity contribution >= 4 is 16.7 Å². The number of aliphatic hydroxyl groups excluding tert-OH is 1. The Balaban J connectivity index is 1.81. The van der Waals surface area contributed by atoms with Gasteiger partial charge in [0, 0.05) is 13.1 Å². The molecule has 0 bridgehead atoms. The minimum atomic E-state index is -0.286. The third-order valence-corrected chi connectivity index (χ3v) is 5.25. The number of benzene rings is 1. The van der Waals surface area contributed by atoms with Gasteiger partial charge in [-0.05, 0) is 44.9 Å². The van der Waals surface area contributed by atoms with Gasteiger partial charge in [0.25, 0.3) is 5.56 Å². The number of hydrogen-bond acceptors (Lipinski definition) is 5. The van der Waals surface area contributed by atoms with E-state index in [0.717, 1.165) is 30.9 Å². The SMILES string of the molecule is CCn1c(=O)c2ccccc2n2c(CN3CCC(C(C)O)C3)nnc12. The van der Waals surface area contributed by atoms with Gasteiger partial charge in [0.2, 0.25) is 5.78 Å². The molecule has 7 heteroatoms. The fourth-order valence-corrected chi connectivity index (χ4v) is 3.80. The molecule has 1 aromatic carbocycles. The van der Waals surface area contributed by atoms with Crippen LogP contribution in [0.1, 0.15) is 26.1 Å². The van der Waals surface area contributed by atoms with Gasteiger partial charge in [0.1, 0.15) is 0 Å². The average molecular weight is 341 g/mol. The first-order valence-corrected chi connectivity index (χ1v) is 8.86. The molecule has 0 amide bonds. The Morgan fingerprint density at radius 3 is 2.84 bits per heavy atom. The number of aryl methyl sites for hydroxylation is 1. The second-order valence-corrected chi connectivity index (χ2v) is 6.84. The molecule has 2 unspecified atom stereocenters. The molecular formula is C18H23N5O2. The molecule has 0 radical (unpaired) electrons. The van der Waals surface area contributed by atoms with Crippen LogP contribution in [0.3, 0.4) is 0 Å². The maximum absolute atomic E-state index is 12.7. The maximum Gasteiger partial charge on any atom is 0.262 e. The second-order valence-electron chi connectivity index (χ2n) is 6.84. The molecule has 25 heavy (non-hydrogen) atoms. The quantitative estimate of drug-likeness (QED) is 0.773. The Labute approximate surface area is 145 Å². The molecule has 1 aliphatic rings. The molecule has 2 aromatic heterocycles. The Kier molecular flexibility index (Phi) is 4.05. The summed E-state index contributed by atoms with van der Waals surface area (Å²) in [5, 5.41) is 19.2. The number of nitrogens with zero attached hydrogens (tertiary/aromatic N) is 5. The van der Waals surface area contributed by atoms with Crippen LogP contribution in [0.25, 0.3) is 16.7 Å². The first-order valence-electron chi connectivity index (χ1n) is 8.86. The topological polar surface area (TPSA) is 75.7 Å². The maximum atomic E-state index is 12.7. The highest BCUT2D eigenvalue weighted by molar-refractivity contribution is 5.80. The largest absolute Gasteiger partial charge is 0.393 e. The van der Waals surface area contributed by atoms with E-state index in [4.69, 9.17) is 0 Å². The molecule has 0 saturated carbocycles. The Bertz CT molecular complexity index is 975. The third kappa shape index (κ3) is 2.63. The van der Waals surface area contributed by atoms with Crippen molar-refractivity contribution in [1.29, 1.82) is 0 Å². The van der Waals surface area contributed by atoms with E-state index in [-0.39, 0.29) is 11.7 Å². The zero-order valence-corrected chi connectivity index (χ0v) is 14.6. The van der Waals surface area contributed by atoms with Crippen molar-refractivity contribution in [2.45, 2.75) is 39.5 Å². The van der Waals surface area contributed by atoms with E-state index < -0.39 is 0 Å². The zero-order valence-electron chi connectivity index (χ0n) is 14.6. The van der Waals surface area contributed by atoms with E-state index in [0.29, 0.717) is 30.2 Å². The van der Waals surface area contributed by atoms with Crippen molar-refractivity contribution in [3.8, 4) is 0 Å². The smallest absolute Gasteiger partial charge is 0.262 e. The van der Waals surface area contributed by atoms with Gasteiger partial charge in [-0.1, -0.05) is 12.1 Å². The van der Waals surface area contributed by atoms with Crippen molar-refractivity contribution in [3.05, 3.63) is 40.4 Å². The van der Waals surface area contributed by atoms with Crippen molar-refractivity contribution in [3.63, 3.8) is 0 Å². The van der Waals surface area contributed by atoms with Gasteiger partial charge in [-0.15, -0.1) is 10.2 Å². The van der Waals surface area contributed by atoms with Gasteiger partial charge in [-0.25, -0.2) is 0 Å².